The van der Waals surface area contributed by atoms with Gasteiger partial charge >= 0.3 is 0 Å². The molecule has 1 aromatic heterocycles. The number of hydrogen-bond acceptors (Lipinski definition) is 2. The molecule has 0 fully saturated rings. The summed E-state index contributed by atoms with van der Waals surface area (Å²) >= 11 is 0. The fourth-order valence-corrected chi connectivity index (χ4v) is 1.96. The van der Waals surface area contributed by atoms with Crippen molar-refractivity contribution in [3.05, 3.63) is 41.0 Å². The predicted octanol–water partition coefficient (Wildman–Crippen LogP) is 2.69. The maximum absolute atomic E-state index is 5.82. The Morgan fingerprint density at radius 1 is 1.12 bits per heavy atom. The molecule has 3 nitrogen and oxygen atoms in total. The van der Waals surface area contributed by atoms with E-state index in [1.54, 1.807) is 0 Å². The highest BCUT2D eigenvalue weighted by molar-refractivity contribution is 5.52. The fourth-order valence-electron chi connectivity index (χ4n) is 1.96. The average molecular weight is 215 g/mol. The van der Waals surface area contributed by atoms with Crippen molar-refractivity contribution in [1.82, 2.24) is 9.55 Å². The zero-order chi connectivity index (χ0) is 11.9. The van der Waals surface area contributed by atoms with E-state index in [9.17, 15) is 0 Å². The van der Waals surface area contributed by atoms with Crippen LogP contribution in [0.3, 0.4) is 0 Å². The van der Waals surface area contributed by atoms with Crippen LogP contribution in [-0.2, 0) is 0 Å². The van der Waals surface area contributed by atoms with E-state index in [4.69, 9.17) is 5.73 Å². The lowest BCUT2D eigenvalue weighted by Gasteiger charge is -2.10. The number of imidazole rings is 1. The van der Waals surface area contributed by atoms with Crippen LogP contribution in [0.5, 0.6) is 0 Å². The van der Waals surface area contributed by atoms with Crippen molar-refractivity contribution >= 4 is 5.69 Å². The van der Waals surface area contributed by atoms with Crippen molar-refractivity contribution in [2.24, 2.45) is 0 Å². The molecule has 0 atom stereocenters. The van der Waals surface area contributed by atoms with Crippen LogP contribution >= 0.6 is 0 Å². The van der Waals surface area contributed by atoms with Crippen LogP contribution in [-0.4, -0.2) is 9.55 Å². The van der Waals surface area contributed by atoms with E-state index in [0.717, 1.165) is 28.5 Å². The van der Waals surface area contributed by atoms with Gasteiger partial charge in [-0.15, -0.1) is 0 Å². The molecular formula is C13H17N3. The standard InChI is InChI=1S/C13H17N3/c1-8-7-12(5-6-13(8)14)16-10(3)9(2)15-11(16)4/h5-7H,14H2,1-4H3. The molecule has 84 valence electrons. The second-order valence-corrected chi connectivity index (χ2v) is 4.21. The van der Waals surface area contributed by atoms with Gasteiger partial charge in [-0.3, -0.25) is 0 Å². The number of aryl methyl sites for hydroxylation is 3. The van der Waals surface area contributed by atoms with Crippen LogP contribution in [0.2, 0.25) is 0 Å². The zero-order valence-corrected chi connectivity index (χ0v) is 10.2. The minimum absolute atomic E-state index is 0.830. The molecule has 0 aliphatic rings. The summed E-state index contributed by atoms with van der Waals surface area (Å²) < 4.78 is 2.15. The number of nitrogen functional groups attached to an aromatic ring is 1. The quantitative estimate of drug-likeness (QED) is 0.743. The molecule has 0 radical (unpaired) electrons. The molecule has 0 saturated carbocycles. The molecular weight excluding hydrogens is 198 g/mol. The van der Waals surface area contributed by atoms with Gasteiger partial charge in [0.05, 0.1) is 5.69 Å². The Bertz CT molecular complexity index is 538. The lowest BCUT2D eigenvalue weighted by Crippen LogP contribution is -2.01. The summed E-state index contributed by atoms with van der Waals surface area (Å²) in [6.07, 6.45) is 0. The van der Waals surface area contributed by atoms with Crippen molar-refractivity contribution in [1.29, 1.82) is 0 Å². The van der Waals surface area contributed by atoms with Crippen molar-refractivity contribution in [2.75, 3.05) is 5.73 Å². The van der Waals surface area contributed by atoms with Gasteiger partial charge < -0.3 is 10.3 Å². The summed E-state index contributed by atoms with van der Waals surface area (Å²) in [5, 5.41) is 0. The summed E-state index contributed by atoms with van der Waals surface area (Å²) in [6, 6.07) is 6.07. The number of nitrogens with two attached hydrogens (primary N) is 1. The summed E-state index contributed by atoms with van der Waals surface area (Å²) in [7, 11) is 0. The monoisotopic (exact) mass is 215 g/mol. The largest absolute Gasteiger partial charge is 0.399 e. The molecule has 1 heterocycles. The summed E-state index contributed by atoms with van der Waals surface area (Å²) in [6.45, 7) is 8.16. The third-order valence-corrected chi connectivity index (χ3v) is 3.02. The van der Waals surface area contributed by atoms with E-state index in [1.807, 2.05) is 32.9 Å². The van der Waals surface area contributed by atoms with E-state index < -0.39 is 0 Å². The Hall–Kier alpha value is -1.77. The molecule has 2 rings (SSSR count). The molecule has 1 aromatic carbocycles. The van der Waals surface area contributed by atoms with Gasteiger partial charge in [-0.1, -0.05) is 0 Å². The Morgan fingerprint density at radius 3 is 2.31 bits per heavy atom. The molecule has 0 bridgehead atoms. The van der Waals surface area contributed by atoms with E-state index in [-0.39, 0.29) is 0 Å². The van der Waals surface area contributed by atoms with Gasteiger partial charge in [0, 0.05) is 17.1 Å². The molecule has 0 aliphatic heterocycles. The van der Waals surface area contributed by atoms with Crippen LogP contribution in [0.1, 0.15) is 22.8 Å². The van der Waals surface area contributed by atoms with E-state index >= 15 is 0 Å². The van der Waals surface area contributed by atoms with Gasteiger partial charge in [0.1, 0.15) is 5.82 Å². The summed E-state index contributed by atoms with van der Waals surface area (Å²) in [5.41, 5.74) is 11.1. The van der Waals surface area contributed by atoms with Crippen molar-refractivity contribution < 1.29 is 0 Å². The molecule has 16 heavy (non-hydrogen) atoms. The van der Waals surface area contributed by atoms with Crippen LogP contribution in [0, 0.1) is 27.7 Å². The molecule has 0 saturated heterocycles. The Kier molecular flexibility index (Phi) is 2.46. The molecule has 2 aromatic rings. The first-order valence-electron chi connectivity index (χ1n) is 5.39. The average Bonchev–Trinajstić information content (AvgIpc) is 2.47. The number of anilines is 1. The molecule has 3 heteroatoms. The zero-order valence-electron chi connectivity index (χ0n) is 10.2. The number of hydrogen-bond donors (Lipinski definition) is 1. The van der Waals surface area contributed by atoms with E-state index in [0.29, 0.717) is 0 Å². The van der Waals surface area contributed by atoms with Gasteiger partial charge in [0.2, 0.25) is 0 Å². The highest BCUT2D eigenvalue weighted by Crippen LogP contribution is 2.20. The first-order chi connectivity index (χ1) is 7.50. The first kappa shape index (κ1) is 10.7. The number of nitrogens with zero attached hydrogens (tertiary/aromatic N) is 2. The van der Waals surface area contributed by atoms with E-state index in [2.05, 4.69) is 22.5 Å². The van der Waals surface area contributed by atoms with Crippen LogP contribution in [0.15, 0.2) is 18.2 Å². The van der Waals surface area contributed by atoms with Crippen LogP contribution in [0.25, 0.3) is 5.69 Å². The number of benzene rings is 1. The molecule has 0 amide bonds. The predicted molar refractivity (Wildman–Crippen MR) is 66.9 cm³/mol. The lowest BCUT2D eigenvalue weighted by molar-refractivity contribution is 0.939. The van der Waals surface area contributed by atoms with E-state index in [1.165, 1.54) is 5.69 Å². The van der Waals surface area contributed by atoms with Gasteiger partial charge in [-0.2, -0.15) is 0 Å². The van der Waals surface area contributed by atoms with Gasteiger partial charge in [-0.25, -0.2) is 4.98 Å². The highest BCUT2D eigenvalue weighted by atomic mass is 15.1. The molecule has 0 aliphatic carbocycles. The molecule has 2 N–H and O–H groups in total. The van der Waals surface area contributed by atoms with Crippen LogP contribution in [0.4, 0.5) is 5.69 Å². The molecule has 0 spiro atoms. The summed E-state index contributed by atoms with van der Waals surface area (Å²) in [5.74, 6) is 1.01. The SMILES string of the molecule is Cc1cc(-n2c(C)nc(C)c2C)ccc1N. The van der Waals surface area contributed by atoms with Crippen molar-refractivity contribution in [3.63, 3.8) is 0 Å². The Labute approximate surface area is 95.9 Å². The lowest BCUT2D eigenvalue weighted by atomic mass is 10.2. The van der Waals surface area contributed by atoms with Crippen molar-refractivity contribution in [3.8, 4) is 5.69 Å². The smallest absolute Gasteiger partial charge is 0.110 e. The van der Waals surface area contributed by atoms with Crippen molar-refractivity contribution in [2.45, 2.75) is 27.7 Å². The summed E-state index contributed by atoms with van der Waals surface area (Å²) in [4.78, 5) is 4.47. The fraction of sp³-hybridized carbons (Fsp3) is 0.308. The highest BCUT2D eigenvalue weighted by Gasteiger charge is 2.09. The maximum Gasteiger partial charge on any atom is 0.110 e. The maximum atomic E-state index is 5.82. The normalized spacial score (nSPS) is 10.8. The molecule has 0 unspecified atom stereocenters. The van der Waals surface area contributed by atoms with Gasteiger partial charge in [0.15, 0.2) is 0 Å². The number of rotatable bonds is 1. The van der Waals surface area contributed by atoms with Gasteiger partial charge in [0.25, 0.3) is 0 Å². The minimum atomic E-state index is 0.830. The Morgan fingerprint density at radius 2 is 1.81 bits per heavy atom. The van der Waals surface area contributed by atoms with Gasteiger partial charge in [-0.05, 0) is 51.5 Å². The second kappa shape index (κ2) is 3.67. The third kappa shape index (κ3) is 1.58. The topological polar surface area (TPSA) is 43.8 Å². The first-order valence-corrected chi connectivity index (χ1v) is 5.39. The second-order valence-electron chi connectivity index (χ2n) is 4.21. The third-order valence-electron chi connectivity index (χ3n) is 3.02. The minimum Gasteiger partial charge on any atom is -0.399 e. The Balaban J connectivity index is 2.63. The number of aromatic nitrogens is 2. The van der Waals surface area contributed by atoms with Crippen LogP contribution < -0.4 is 5.73 Å².